The summed E-state index contributed by atoms with van der Waals surface area (Å²) in [7, 11) is 0. The normalized spacial score (nSPS) is 26.2. The van der Waals surface area contributed by atoms with Crippen molar-refractivity contribution in [2.75, 3.05) is 13.1 Å². The lowest BCUT2D eigenvalue weighted by Gasteiger charge is -2.26. The standard InChI is InChI=1S/C14H22N2/c1-4-16-8-7-13(15)14(16)12-6-5-10(2)11(3)9-12/h5-6,9,13-14H,4,7-8,15H2,1-3H3. The summed E-state index contributed by atoms with van der Waals surface area (Å²) in [6.07, 6.45) is 1.12. The highest BCUT2D eigenvalue weighted by Crippen LogP contribution is 2.31. The van der Waals surface area contributed by atoms with E-state index in [4.69, 9.17) is 5.73 Å². The van der Waals surface area contributed by atoms with Crippen LogP contribution in [0, 0.1) is 13.8 Å². The zero-order chi connectivity index (χ0) is 11.7. The number of hydrogen-bond donors (Lipinski definition) is 1. The van der Waals surface area contributed by atoms with E-state index in [0.29, 0.717) is 12.1 Å². The van der Waals surface area contributed by atoms with Crippen molar-refractivity contribution in [2.24, 2.45) is 5.73 Å². The molecule has 2 nitrogen and oxygen atoms in total. The van der Waals surface area contributed by atoms with Gasteiger partial charge in [0.2, 0.25) is 0 Å². The average molecular weight is 218 g/mol. The molecule has 0 aromatic heterocycles. The Morgan fingerprint density at radius 3 is 2.69 bits per heavy atom. The Morgan fingerprint density at radius 2 is 2.06 bits per heavy atom. The molecule has 2 heteroatoms. The van der Waals surface area contributed by atoms with Gasteiger partial charge in [-0.2, -0.15) is 0 Å². The smallest absolute Gasteiger partial charge is 0.0499 e. The number of aryl methyl sites for hydroxylation is 2. The first kappa shape index (κ1) is 11.6. The summed E-state index contributed by atoms with van der Waals surface area (Å²) in [4.78, 5) is 2.48. The van der Waals surface area contributed by atoms with Crippen LogP contribution < -0.4 is 5.73 Å². The maximum absolute atomic E-state index is 6.22. The van der Waals surface area contributed by atoms with Crippen molar-refractivity contribution in [1.82, 2.24) is 4.90 Å². The quantitative estimate of drug-likeness (QED) is 0.826. The molecule has 88 valence electrons. The zero-order valence-electron chi connectivity index (χ0n) is 10.5. The Labute approximate surface area is 98.4 Å². The molecule has 1 aromatic carbocycles. The number of rotatable bonds is 2. The van der Waals surface area contributed by atoms with Gasteiger partial charge in [0.15, 0.2) is 0 Å². The van der Waals surface area contributed by atoms with Crippen LogP contribution in [0.5, 0.6) is 0 Å². The van der Waals surface area contributed by atoms with Crippen molar-refractivity contribution in [3.63, 3.8) is 0 Å². The first-order valence-electron chi connectivity index (χ1n) is 6.20. The Kier molecular flexibility index (Phi) is 3.31. The fourth-order valence-electron chi connectivity index (χ4n) is 2.64. The molecule has 0 spiro atoms. The van der Waals surface area contributed by atoms with Gasteiger partial charge in [0.05, 0.1) is 0 Å². The fraction of sp³-hybridized carbons (Fsp3) is 0.571. The molecule has 1 heterocycles. The Hall–Kier alpha value is -0.860. The van der Waals surface area contributed by atoms with Crippen molar-refractivity contribution in [3.8, 4) is 0 Å². The molecule has 16 heavy (non-hydrogen) atoms. The van der Waals surface area contributed by atoms with Gasteiger partial charge >= 0.3 is 0 Å². The molecular formula is C14H22N2. The van der Waals surface area contributed by atoms with Crippen LogP contribution in [0.4, 0.5) is 0 Å². The summed E-state index contributed by atoms with van der Waals surface area (Å²) in [6, 6.07) is 7.46. The minimum atomic E-state index is 0.294. The third kappa shape index (κ3) is 2.00. The van der Waals surface area contributed by atoms with E-state index < -0.39 is 0 Å². The second-order valence-corrected chi connectivity index (χ2v) is 4.87. The monoisotopic (exact) mass is 218 g/mol. The SMILES string of the molecule is CCN1CCC(N)C1c1ccc(C)c(C)c1. The molecule has 1 fully saturated rings. The molecule has 1 saturated heterocycles. The molecule has 0 radical (unpaired) electrons. The first-order chi connectivity index (χ1) is 7.63. The van der Waals surface area contributed by atoms with Crippen LogP contribution in [0.1, 0.15) is 36.1 Å². The van der Waals surface area contributed by atoms with Crippen LogP contribution in [0.15, 0.2) is 18.2 Å². The van der Waals surface area contributed by atoms with Crippen molar-refractivity contribution in [2.45, 2.75) is 39.3 Å². The maximum Gasteiger partial charge on any atom is 0.0499 e. The molecule has 1 aromatic rings. The largest absolute Gasteiger partial charge is 0.326 e. The summed E-state index contributed by atoms with van der Waals surface area (Å²) >= 11 is 0. The molecule has 0 saturated carbocycles. The van der Waals surface area contributed by atoms with Crippen LogP contribution in [-0.4, -0.2) is 24.0 Å². The summed E-state index contributed by atoms with van der Waals surface area (Å²) in [5, 5.41) is 0. The summed E-state index contributed by atoms with van der Waals surface area (Å²) < 4.78 is 0. The van der Waals surface area contributed by atoms with Gasteiger partial charge in [-0.05, 0) is 43.5 Å². The Bertz CT molecular complexity index is 373. The predicted octanol–water partition coefficient (Wildman–Crippen LogP) is 2.40. The Morgan fingerprint density at radius 1 is 1.31 bits per heavy atom. The van der Waals surface area contributed by atoms with Crippen LogP contribution in [0.2, 0.25) is 0 Å². The topological polar surface area (TPSA) is 29.3 Å². The molecule has 2 atom stereocenters. The lowest BCUT2D eigenvalue weighted by molar-refractivity contribution is 0.261. The summed E-state index contributed by atoms with van der Waals surface area (Å²) in [5.41, 5.74) is 10.3. The third-order valence-electron chi connectivity index (χ3n) is 3.83. The summed E-state index contributed by atoms with van der Waals surface area (Å²) in [6.45, 7) is 8.77. The van der Waals surface area contributed by atoms with Crippen LogP contribution in [0.3, 0.4) is 0 Å². The highest BCUT2D eigenvalue weighted by atomic mass is 15.2. The molecule has 0 aliphatic carbocycles. The van der Waals surface area contributed by atoms with Gasteiger partial charge < -0.3 is 5.73 Å². The number of likely N-dealkylation sites (tertiary alicyclic amines) is 1. The van der Waals surface area contributed by atoms with E-state index in [1.165, 1.54) is 16.7 Å². The van der Waals surface area contributed by atoms with Crippen LogP contribution in [-0.2, 0) is 0 Å². The molecule has 2 unspecified atom stereocenters. The van der Waals surface area contributed by atoms with E-state index in [9.17, 15) is 0 Å². The van der Waals surface area contributed by atoms with Crippen LogP contribution >= 0.6 is 0 Å². The highest BCUT2D eigenvalue weighted by molar-refractivity contribution is 5.33. The second kappa shape index (κ2) is 4.56. The molecule has 1 aliphatic rings. The van der Waals surface area contributed by atoms with Gasteiger partial charge in [0.1, 0.15) is 0 Å². The number of nitrogens with two attached hydrogens (primary N) is 1. The molecule has 1 aliphatic heterocycles. The lowest BCUT2D eigenvalue weighted by Crippen LogP contribution is -2.31. The van der Waals surface area contributed by atoms with Gasteiger partial charge in [-0.25, -0.2) is 0 Å². The van der Waals surface area contributed by atoms with Gasteiger partial charge in [-0.3, -0.25) is 4.90 Å². The molecule has 0 amide bonds. The maximum atomic E-state index is 6.22. The van der Waals surface area contributed by atoms with Gasteiger partial charge in [-0.15, -0.1) is 0 Å². The van der Waals surface area contributed by atoms with E-state index >= 15 is 0 Å². The Balaban J connectivity index is 2.31. The van der Waals surface area contributed by atoms with Crippen molar-refractivity contribution >= 4 is 0 Å². The third-order valence-corrected chi connectivity index (χ3v) is 3.83. The molecule has 0 bridgehead atoms. The van der Waals surface area contributed by atoms with Crippen molar-refractivity contribution < 1.29 is 0 Å². The minimum absolute atomic E-state index is 0.294. The van der Waals surface area contributed by atoms with Crippen LogP contribution in [0.25, 0.3) is 0 Å². The second-order valence-electron chi connectivity index (χ2n) is 4.87. The van der Waals surface area contributed by atoms with Crippen molar-refractivity contribution in [1.29, 1.82) is 0 Å². The lowest BCUT2D eigenvalue weighted by atomic mass is 9.97. The van der Waals surface area contributed by atoms with E-state index in [2.05, 4.69) is 43.9 Å². The number of benzene rings is 1. The minimum Gasteiger partial charge on any atom is -0.326 e. The number of likely N-dealkylation sites (N-methyl/N-ethyl adjacent to an activating group) is 1. The first-order valence-corrected chi connectivity index (χ1v) is 6.20. The zero-order valence-corrected chi connectivity index (χ0v) is 10.5. The van der Waals surface area contributed by atoms with Gasteiger partial charge in [-0.1, -0.05) is 25.1 Å². The van der Waals surface area contributed by atoms with E-state index in [0.717, 1.165) is 19.5 Å². The van der Waals surface area contributed by atoms with E-state index in [1.807, 2.05) is 0 Å². The van der Waals surface area contributed by atoms with E-state index in [1.54, 1.807) is 0 Å². The number of nitrogens with zero attached hydrogens (tertiary/aromatic N) is 1. The summed E-state index contributed by atoms with van der Waals surface area (Å²) in [5.74, 6) is 0. The molecule has 2 rings (SSSR count). The predicted molar refractivity (Wildman–Crippen MR) is 68.5 cm³/mol. The van der Waals surface area contributed by atoms with Crippen molar-refractivity contribution in [3.05, 3.63) is 34.9 Å². The number of hydrogen-bond acceptors (Lipinski definition) is 2. The van der Waals surface area contributed by atoms with Gasteiger partial charge in [0, 0.05) is 18.6 Å². The molecular weight excluding hydrogens is 196 g/mol. The van der Waals surface area contributed by atoms with Gasteiger partial charge in [0.25, 0.3) is 0 Å². The van der Waals surface area contributed by atoms with E-state index in [-0.39, 0.29) is 0 Å². The fourth-order valence-corrected chi connectivity index (χ4v) is 2.64. The molecule has 2 N–H and O–H groups in total. The highest BCUT2D eigenvalue weighted by Gasteiger charge is 2.31. The average Bonchev–Trinajstić information content (AvgIpc) is 2.64.